The summed E-state index contributed by atoms with van der Waals surface area (Å²) in [6, 6.07) is 69.4. The highest BCUT2D eigenvalue weighted by molar-refractivity contribution is 5.93. The number of nitrogens with zero attached hydrogens (tertiary/aromatic N) is 5. The highest BCUT2D eigenvalue weighted by Gasteiger charge is 2.51. The Morgan fingerprint density at radius 1 is 0.306 bits per heavy atom. The molecular weight excluding hydrogens is 759 g/mol. The largest absolute Gasteiger partial charge is 0.457 e. The van der Waals surface area contributed by atoms with Crippen molar-refractivity contribution in [2.45, 2.75) is 5.41 Å². The molecule has 12 rings (SSSR count). The Morgan fingerprint density at radius 3 is 1.39 bits per heavy atom. The van der Waals surface area contributed by atoms with E-state index >= 15 is 0 Å². The van der Waals surface area contributed by atoms with Crippen molar-refractivity contribution >= 4 is 0 Å². The molecule has 1 spiro atoms. The number of fused-ring (bicyclic) bond motifs is 9. The van der Waals surface area contributed by atoms with Gasteiger partial charge in [-0.2, -0.15) is 0 Å². The van der Waals surface area contributed by atoms with Crippen LogP contribution in [0.15, 0.2) is 213 Å². The molecule has 290 valence electrons. The Balaban J connectivity index is 1.11. The van der Waals surface area contributed by atoms with Crippen LogP contribution in [0, 0.1) is 0 Å². The van der Waals surface area contributed by atoms with E-state index in [9.17, 15) is 0 Å². The molecule has 0 saturated heterocycles. The van der Waals surface area contributed by atoms with Crippen molar-refractivity contribution < 1.29 is 4.74 Å². The first kappa shape index (κ1) is 35.6. The summed E-state index contributed by atoms with van der Waals surface area (Å²) in [5, 5.41) is 0. The number of ether oxygens (including phenoxy) is 1. The van der Waals surface area contributed by atoms with Crippen LogP contribution in [0.3, 0.4) is 0 Å². The van der Waals surface area contributed by atoms with Crippen LogP contribution in [-0.4, -0.2) is 24.9 Å². The zero-order valence-electron chi connectivity index (χ0n) is 33.4. The van der Waals surface area contributed by atoms with Crippen molar-refractivity contribution in [3.05, 3.63) is 235 Å². The summed E-state index contributed by atoms with van der Waals surface area (Å²) < 4.78 is 6.67. The zero-order valence-corrected chi connectivity index (χ0v) is 33.4. The first-order valence-corrected chi connectivity index (χ1v) is 20.7. The van der Waals surface area contributed by atoms with Gasteiger partial charge in [0.2, 0.25) is 0 Å². The third-order valence-corrected chi connectivity index (χ3v) is 12.1. The monoisotopic (exact) mass is 793 g/mol. The van der Waals surface area contributed by atoms with Crippen LogP contribution in [0.25, 0.3) is 78.9 Å². The summed E-state index contributed by atoms with van der Waals surface area (Å²) >= 11 is 0. The van der Waals surface area contributed by atoms with Gasteiger partial charge in [0, 0.05) is 40.2 Å². The quantitative estimate of drug-likeness (QED) is 0.167. The van der Waals surface area contributed by atoms with Crippen molar-refractivity contribution in [1.82, 2.24) is 24.9 Å². The standard InChI is InChI=1S/C56H35N5O/c1-3-15-36(16-4-1)49-35-50(61-55(60-49)37-17-5-2-6-18-37)39-26-28-44-42(32-39)41-31-38(40-33-51(47-21-11-13-29-57-47)59-52(34-40)48-22-12-14-30-58-48)25-27-43(41)56(44)45-19-7-9-23-53(45)62-54-24-10-8-20-46(54)56/h1-35H. The highest BCUT2D eigenvalue weighted by Crippen LogP contribution is 2.62. The fraction of sp³-hybridized carbons (Fsp3) is 0.0179. The third-order valence-electron chi connectivity index (χ3n) is 12.1. The maximum Gasteiger partial charge on any atom is 0.160 e. The number of pyridine rings is 3. The van der Waals surface area contributed by atoms with Gasteiger partial charge in [-0.05, 0) is 100 Å². The van der Waals surface area contributed by atoms with Gasteiger partial charge in [0.05, 0.1) is 39.6 Å². The molecule has 1 aliphatic heterocycles. The van der Waals surface area contributed by atoms with Gasteiger partial charge in [0.1, 0.15) is 11.5 Å². The normalized spacial score (nSPS) is 12.8. The second-order valence-corrected chi connectivity index (χ2v) is 15.6. The molecule has 0 unspecified atom stereocenters. The maximum absolute atomic E-state index is 6.67. The minimum atomic E-state index is -0.639. The number of aromatic nitrogens is 5. The lowest BCUT2D eigenvalue weighted by Gasteiger charge is -2.39. The highest BCUT2D eigenvalue weighted by atomic mass is 16.5. The lowest BCUT2D eigenvalue weighted by Crippen LogP contribution is -2.32. The van der Waals surface area contributed by atoms with E-state index in [0.29, 0.717) is 5.82 Å². The van der Waals surface area contributed by atoms with Gasteiger partial charge >= 0.3 is 0 Å². The predicted molar refractivity (Wildman–Crippen MR) is 245 cm³/mol. The fourth-order valence-electron chi connectivity index (χ4n) is 9.30. The smallest absolute Gasteiger partial charge is 0.160 e. The van der Waals surface area contributed by atoms with E-state index in [-0.39, 0.29) is 0 Å². The van der Waals surface area contributed by atoms with Gasteiger partial charge in [-0.1, -0.05) is 133 Å². The number of benzene rings is 6. The van der Waals surface area contributed by atoms with E-state index in [0.717, 1.165) is 95.7 Å². The maximum atomic E-state index is 6.67. The molecule has 0 N–H and O–H groups in total. The molecular formula is C56H35N5O. The lowest BCUT2D eigenvalue weighted by molar-refractivity contribution is 0.436. The fourth-order valence-corrected chi connectivity index (χ4v) is 9.30. The van der Waals surface area contributed by atoms with E-state index in [1.807, 2.05) is 72.8 Å². The van der Waals surface area contributed by atoms with E-state index in [2.05, 4.69) is 127 Å². The summed E-state index contributed by atoms with van der Waals surface area (Å²) in [7, 11) is 0. The molecule has 6 heteroatoms. The first-order valence-electron chi connectivity index (χ1n) is 20.7. The van der Waals surface area contributed by atoms with Gasteiger partial charge in [0.25, 0.3) is 0 Å². The van der Waals surface area contributed by atoms with Crippen molar-refractivity contribution in [3.8, 4) is 90.4 Å². The SMILES string of the molecule is c1ccc(-c2cc(-c3ccc4c(c3)-c3cc(-c5cc(-c6ccccn6)nc(-c6ccccn6)c5)ccc3C43c4ccccc4Oc4ccccc43)nc(-c3ccccc3)n2)cc1. The predicted octanol–water partition coefficient (Wildman–Crippen LogP) is 13.1. The zero-order chi connectivity index (χ0) is 41.0. The summed E-state index contributed by atoms with van der Waals surface area (Å²) in [4.78, 5) is 24.8. The van der Waals surface area contributed by atoms with E-state index in [1.165, 1.54) is 11.1 Å². The molecule has 62 heavy (non-hydrogen) atoms. The Hall–Kier alpha value is -8.35. The van der Waals surface area contributed by atoms with Crippen molar-refractivity contribution in [2.24, 2.45) is 0 Å². The van der Waals surface area contributed by atoms with Gasteiger partial charge in [-0.25, -0.2) is 15.0 Å². The topological polar surface area (TPSA) is 73.7 Å². The molecule has 10 aromatic rings. The van der Waals surface area contributed by atoms with Gasteiger partial charge in [-0.15, -0.1) is 0 Å². The number of para-hydroxylation sites is 2. The molecule has 6 aromatic carbocycles. The first-order chi connectivity index (χ1) is 30.7. The van der Waals surface area contributed by atoms with Crippen LogP contribution in [-0.2, 0) is 5.41 Å². The summed E-state index contributed by atoms with van der Waals surface area (Å²) in [5.74, 6) is 2.38. The number of hydrogen-bond acceptors (Lipinski definition) is 6. The minimum absolute atomic E-state index is 0.639. The summed E-state index contributed by atoms with van der Waals surface area (Å²) in [5.41, 5.74) is 16.2. The minimum Gasteiger partial charge on any atom is -0.457 e. The van der Waals surface area contributed by atoms with Crippen LogP contribution in [0.4, 0.5) is 0 Å². The van der Waals surface area contributed by atoms with Crippen LogP contribution in [0.5, 0.6) is 11.5 Å². The average Bonchev–Trinajstić information content (AvgIpc) is 3.64. The number of rotatable bonds is 6. The second-order valence-electron chi connectivity index (χ2n) is 15.6. The van der Waals surface area contributed by atoms with Crippen molar-refractivity contribution in [1.29, 1.82) is 0 Å². The van der Waals surface area contributed by atoms with Crippen molar-refractivity contribution in [3.63, 3.8) is 0 Å². The van der Waals surface area contributed by atoms with Crippen molar-refractivity contribution in [2.75, 3.05) is 0 Å². The van der Waals surface area contributed by atoms with Crippen LogP contribution < -0.4 is 4.74 Å². The second kappa shape index (κ2) is 14.4. The molecule has 0 fully saturated rings. The molecule has 0 radical (unpaired) electrons. The molecule has 0 saturated carbocycles. The van der Waals surface area contributed by atoms with Gasteiger partial charge in [-0.3, -0.25) is 9.97 Å². The molecule has 5 heterocycles. The molecule has 2 aliphatic rings. The molecule has 0 bridgehead atoms. The van der Waals surface area contributed by atoms with Gasteiger partial charge in [0.15, 0.2) is 5.82 Å². The Morgan fingerprint density at radius 2 is 0.806 bits per heavy atom. The van der Waals surface area contributed by atoms with Gasteiger partial charge < -0.3 is 4.74 Å². The summed E-state index contributed by atoms with van der Waals surface area (Å²) in [6.07, 6.45) is 3.61. The summed E-state index contributed by atoms with van der Waals surface area (Å²) in [6.45, 7) is 0. The molecule has 0 atom stereocenters. The molecule has 4 aromatic heterocycles. The third kappa shape index (κ3) is 5.76. The molecule has 1 aliphatic carbocycles. The number of hydrogen-bond donors (Lipinski definition) is 0. The van der Waals surface area contributed by atoms with E-state index in [4.69, 9.17) is 29.7 Å². The van der Waals surface area contributed by atoms with Crippen LogP contribution >= 0.6 is 0 Å². The van der Waals surface area contributed by atoms with E-state index < -0.39 is 5.41 Å². The van der Waals surface area contributed by atoms with Crippen LogP contribution in [0.1, 0.15) is 22.3 Å². The average molecular weight is 794 g/mol. The molecule has 6 nitrogen and oxygen atoms in total. The van der Waals surface area contributed by atoms with E-state index in [1.54, 1.807) is 12.4 Å². The lowest BCUT2D eigenvalue weighted by atomic mass is 9.66. The Kier molecular flexibility index (Phi) is 8.28. The molecule has 0 amide bonds. The Bertz CT molecular complexity index is 2980. The van der Waals surface area contributed by atoms with Crippen LogP contribution in [0.2, 0.25) is 0 Å². The Labute approximate surface area is 359 Å².